The number of aliphatic hydroxyl groups is 1. The quantitative estimate of drug-likeness (QED) is 0.634. The minimum absolute atomic E-state index is 0.334. The lowest BCUT2D eigenvalue weighted by molar-refractivity contribution is 0.148. The zero-order chi connectivity index (χ0) is 11.9. The lowest BCUT2D eigenvalue weighted by Gasteiger charge is -2.14. The molecule has 2 atom stereocenters. The van der Waals surface area contributed by atoms with E-state index in [1.54, 1.807) is 6.92 Å². The van der Waals surface area contributed by atoms with E-state index in [1.165, 1.54) is 0 Å². The normalized spacial score (nSPS) is 16.3. The Bertz CT molecular complexity index is 248. The molecular formula is C10H22O4S. The van der Waals surface area contributed by atoms with Gasteiger partial charge in [-0.25, -0.2) is 0 Å². The van der Waals surface area contributed by atoms with Crippen LogP contribution in [-0.2, 0) is 10.1 Å². The zero-order valence-electron chi connectivity index (χ0n) is 9.52. The Morgan fingerprint density at radius 1 is 1.13 bits per heavy atom. The number of hydrogen-bond acceptors (Lipinski definition) is 3. The largest absolute Gasteiger partial charge is 0.393 e. The molecule has 0 aromatic rings. The molecule has 0 aliphatic heterocycles. The molecule has 0 spiro atoms. The number of unbranched alkanes of at least 4 members (excludes halogenated alkanes) is 1. The second-order valence-electron chi connectivity index (χ2n) is 3.92. The summed E-state index contributed by atoms with van der Waals surface area (Å²) in [7, 11) is -3.94. The van der Waals surface area contributed by atoms with Gasteiger partial charge in [-0.05, 0) is 25.7 Å². The highest BCUT2D eigenvalue weighted by atomic mass is 32.2. The van der Waals surface area contributed by atoms with Crippen LogP contribution in [0.1, 0.15) is 52.4 Å². The summed E-state index contributed by atoms with van der Waals surface area (Å²) in [6.07, 6.45) is 3.40. The van der Waals surface area contributed by atoms with E-state index in [9.17, 15) is 13.5 Å². The molecule has 0 radical (unpaired) electrons. The molecule has 0 fully saturated rings. The summed E-state index contributed by atoms with van der Waals surface area (Å²) in [6, 6.07) is 0. The highest BCUT2D eigenvalue weighted by Crippen LogP contribution is 2.15. The maximum absolute atomic E-state index is 10.9. The van der Waals surface area contributed by atoms with Crippen molar-refractivity contribution in [1.82, 2.24) is 0 Å². The Morgan fingerprint density at radius 3 is 2.13 bits per heavy atom. The molecule has 0 rings (SSSR count). The Balaban J connectivity index is 3.91. The Morgan fingerprint density at radius 2 is 1.73 bits per heavy atom. The van der Waals surface area contributed by atoms with Crippen molar-refractivity contribution in [2.75, 3.05) is 0 Å². The van der Waals surface area contributed by atoms with Gasteiger partial charge in [0.05, 0.1) is 11.4 Å². The summed E-state index contributed by atoms with van der Waals surface area (Å²) < 4.78 is 30.6. The van der Waals surface area contributed by atoms with Gasteiger partial charge in [-0.2, -0.15) is 8.42 Å². The maximum atomic E-state index is 10.9. The summed E-state index contributed by atoms with van der Waals surface area (Å²) in [5, 5.41) is 8.79. The molecule has 2 N–H and O–H groups in total. The maximum Gasteiger partial charge on any atom is 0.267 e. The first-order valence-corrected chi connectivity index (χ1v) is 7.06. The molecule has 15 heavy (non-hydrogen) atoms. The third-order valence-electron chi connectivity index (χ3n) is 2.59. The second-order valence-corrected chi connectivity index (χ2v) is 5.62. The SMILES string of the molecule is CCCCC(O)CCC(CC)S(=O)(=O)O. The van der Waals surface area contributed by atoms with Gasteiger partial charge in [0.25, 0.3) is 10.1 Å². The fourth-order valence-electron chi connectivity index (χ4n) is 1.53. The van der Waals surface area contributed by atoms with Crippen LogP contribution in [0.3, 0.4) is 0 Å². The molecule has 0 aliphatic carbocycles. The summed E-state index contributed by atoms with van der Waals surface area (Å²) in [4.78, 5) is 0. The fourth-order valence-corrected chi connectivity index (χ4v) is 2.38. The van der Waals surface area contributed by atoms with Crippen LogP contribution in [-0.4, -0.2) is 29.4 Å². The predicted molar refractivity (Wildman–Crippen MR) is 60.4 cm³/mol. The minimum Gasteiger partial charge on any atom is -0.393 e. The second kappa shape index (κ2) is 7.19. The number of hydrogen-bond donors (Lipinski definition) is 2. The Hall–Kier alpha value is -0.130. The van der Waals surface area contributed by atoms with Crippen molar-refractivity contribution in [3.05, 3.63) is 0 Å². The molecule has 0 aromatic carbocycles. The van der Waals surface area contributed by atoms with E-state index in [1.807, 2.05) is 6.92 Å². The Labute approximate surface area is 92.4 Å². The molecule has 0 amide bonds. The lowest BCUT2D eigenvalue weighted by Crippen LogP contribution is -2.21. The van der Waals surface area contributed by atoms with Crippen LogP contribution >= 0.6 is 0 Å². The van der Waals surface area contributed by atoms with Gasteiger partial charge >= 0.3 is 0 Å². The van der Waals surface area contributed by atoms with E-state index in [4.69, 9.17) is 4.55 Å². The van der Waals surface area contributed by atoms with E-state index in [0.717, 1.165) is 12.8 Å². The van der Waals surface area contributed by atoms with Crippen molar-refractivity contribution in [3.63, 3.8) is 0 Å². The van der Waals surface area contributed by atoms with Gasteiger partial charge in [0, 0.05) is 0 Å². The zero-order valence-corrected chi connectivity index (χ0v) is 10.3. The molecule has 92 valence electrons. The monoisotopic (exact) mass is 238 g/mol. The number of aliphatic hydroxyl groups excluding tert-OH is 1. The molecule has 0 saturated carbocycles. The van der Waals surface area contributed by atoms with E-state index in [-0.39, 0.29) is 0 Å². The first-order valence-electron chi connectivity index (χ1n) is 5.56. The third-order valence-corrected chi connectivity index (χ3v) is 4.00. The van der Waals surface area contributed by atoms with Crippen molar-refractivity contribution >= 4 is 10.1 Å². The van der Waals surface area contributed by atoms with Crippen LogP contribution in [0.15, 0.2) is 0 Å². The summed E-state index contributed by atoms with van der Waals surface area (Å²) in [5.74, 6) is 0. The van der Waals surface area contributed by atoms with E-state index < -0.39 is 21.5 Å². The topological polar surface area (TPSA) is 74.6 Å². The van der Waals surface area contributed by atoms with Crippen LogP contribution in [0.2, 0.25) is 0 Å². The van der Waals surface area contributed by atoms with Gasteiger partial charge in [0.2, 0.25) is 0 Å². The van der Waals surface area contributed by atoms with Crippen molar-refractivity contribution in [1.29, 1.82) is 0 Å². The standard InChI is InChI=1S/C10H22O4S/c1-3-5-6-9(11)7-8-10(4-2)15(12,13)14/h9-11H,3-8H2,1-2H3,(H,12,13,14). The van der Waals surface area contributed by atoms with Crippen molar-refractivity contribution in [2.45, 2.75) is 63.7 Å². The van der Waals surface area contributed by atoms with Crippen molar-refractivity contribution < 1.29 is 18.1 Å². The van der Waals surface area contributed by atoms with Gasteiger partial charge in [-0.3, -0.25) is 4.55 Å². The van der Waals surface area contributed by atoms with Gasteiger partial charge in [-0.1, -0.05) is 26.7 Å². The van der Waals surface area contributed by atoms with Crippen LogP contribution in [0.4, 0.5) is 0 Å². The van der Waals surface area contributed by atoms with Crippen LogP contribution in [0.25, 0.3) is 0 Å². The molecule has 0 aromatic heterocycles. The molecule has 0 heterocycles. The van der Waals surface area contributed by atoms with Gasteiger partial charge in [0.15, 0.2) is 0 Å². The van der Waals surface area contributed by atoms with Crippen molar-refractivity contribution in [2.24, 2.45) is 0 Å². The fraction of sp³-hybridized carbons (Fsp3) is 1.00. The first-order chi connectivity index (χ1) is 6.91. The minimum atomic E-state index is -3.94. The van der Waals surface area contributed by atoms with E-state index in [0.29, 0.717) is 25.7 Å². The van der Waals surface area contributed by atoms with E-state index in [2.05, 4.69) is 0 Å². The molecule has 2 unspecified atom stereocenters. The van der Waals surface area contributed by atoms with E-state index >= 15 is 0 Å². The molecular weight excluding hydrogens is 216 g/mol. The average Bonchev–Trinajstić information content (AvgIpc) is 2.13. The highest BCUT2D eigenvalue weighted by Gasteiger charge is 2.21. The van der Waals surface area contributed by atoms with Gasteiger partial charge in [0.1, 0.15) is 0 Å². The van der Waals surface area contributed by atoms with Crippen LogP contribution < -0.4 is 0 Å². The number of rotatable bonds is 8. The molecule has 4 nitrogen and oxygen atoms in total. The Kier molecular flexibility index (Phi) is 7.13. The van der Waals surface area contributed by atoms with Gasteiger partial charge < -0.3 is 5.11 Å². The van der Waals surface area contributed by atoms with Crippen molar-refractivity contribution in [3.8, 4) is 0 Å². The summed E-state index contributed by atoms with van der Waals surface area (Å²) in [5.41, 5.74) is 0. The third kappa shape index (κ3) is 6.87. The first kappa shape index (κ1) is 14.9. The van der Waals surface area contributed by atoms with Crippen LogP contribution in [0.5, 0.6) is 0 Å². The lowest BCUT2D eigenvalue weighted by atomic mass is 10.1. The van der Waals surface area contributed by atoms with Gasteiger partial charge in [-0.15, -0.1) is 0 Å². The molecule has 0 bridgehead atoms. The smallest absolute Gasteiger partial charge is 0.267 e. The van der Waals surface area contributed by atoms with Crippen LogP contribution in [0, 0.1) is 0 Å². The molecule has 0 saturated heterocycles. The molecule has 0 aliphatic rings. The summed E-state index contributed by atoms with van der Waals surface area (Å²) >= 11 is 0. The highest BCUT2D eigenvalue weighted by molar-refractivity contribution is 7.86. The predicted octanol–water partition coefficient (Wildman–Crippen LogP) is 1.98. The average molecular weight is 238 g/mol. The molecule has 5 heteroatoms. The summed E-state index contributed by atoms with van der Waals surface area (Å²) in [6.45, 7) is 3.76.